The number of carbonyl (C=O) groups is 1. The number of amides is 1. The highest BCUT2D eigenvalue weighted by molar-refractivity contribution is 8.24. The maximum atomic E-state index is 12.1. The van der Waals surface area contributed by atoms with Crippen LogP contribution in [0.15, 0.2) is 132 Å². The smallest absolute Gasteiger partial charge is 0.271 e. The van der Waals surface area contributed by atoms with E-state index < -0.39 is 11.1 Å². The fourth-order valence-corrected chi connectivity index (χ4v) is 4.67. The SMILES string of the molecule is C.N#CC1=C(c2ccccc2)CC(c2ccccc2)=NC1=O.N#Cc1c(Cl)nc(-c2ccccc2)nc1-c1ccccc1.O=P(Cl)(Cl)Cl.[B]. The molecule has 0 unspecified atom stereocenters. The van der Waals surface area contributed by atoms with E-state index in [2.05, 4.69) is 54.8 Å². The van der Waals surface area contributed by atoms with Crippen LogP contribution in [0.4, 0.5) is 0 Å². The number of hydrogen-bond donors (Lipinski definition) is 0. The molecule has 0 fully saturated rings. The van der Waals surface area contributed by atoms with Crippen LogP contribution < -0.4 is 0 Å². The molecule has 0 saturated carbocycles. The average molecular weight is 744 g/mol. The second-order valence-corrected chi connectivity index (χ2v) is 16.5. The Morgan fingerprint density at radius 3 is 1.53 bits per heavy atom. The van der Waals surface area contributed by atoms with Gasteiger partial charge in [-0.3, -0.25) is 9.36 Å². The first-order valence-electron chi connectivity index (χ1n) is 13.7. The lowest BCUT2D eigenvalue weighted by molar-refractivity contribution is -0.114. The second kappa shape index (κ2) is 19.5. The number of nitrogens with zero attached hydrogens (tertiary/aromatic N) is 5. The molecule has 49 heavy (non-hydrogen) atoms. The third kappa shape index (κ3) is 11.8. The van der Waals surface area contributed by atoms with E-state index in [4.69, 9.17) is 11.6 Å². The van der Waals surface area contributed by atoms with Crippen molar-refractivity contribution in [2.24, 2.45) is 4.99 Å². The summed E-state index contributed by atoms with van der Waals surface area (Å²) in [5, 5.41) is 15.5. The predicted octanol–water partition coefficient (Wildman–Crippen LogP) is 10.8. The molecule has 1 amide bonds. The number of aromatic nitrogens is 2. The van der Waals surface area contributed by atoms with Crippen molar-refractivity contribution in [3.8, 4) is 34.8 Å². The van der Waals surface area contributed by atoms with Crippen LogP contribution in [0.25, 0.3) is 28.2 Å². The lowest BCUT2D eigenvalue weighted by atomic mass is 9.90. The molecule has 0 spiro atoms. The van der Waals surface area contributed by atoms with Gasteiger partial charge in [0.15, 0.2) is 11.0 Å². The first-order valence-corrected chi connectivity index (χ1v) is 18.5. The molecule has 1 aliphatic heterocycles. The summed E-state index contributed by atoms with van der Waals surface area (Å²) in [6.45, 7) is 0. The molecular formula is C36H26BCl4N5O2P. The van der Waals surface area contributed by atoms with Crippen LogP contribution in [0, 0.1) is 22.7 Å². The van der Waals surface area contributed by atoms with E-state index in [9.17, 15) is 19.9 Å². The third-order valence-corrected chi connectivity index (χ3v) is 6.77. The Morgan fingerprint density at radius 2 is 1.08 bits per heavy atom. The molecule has 0 aliphatic carbocycles. The zero-order valence-electron chi connectivity index (χ0n) is 24.8. The van der Waals surface area contributed by atoms with Gasteiger partial charge in [0.05, 0.1) is 11.4 Å². The topological polar surface area (TPSA) is 120 Å². The summed E-state index contributed by atoms with van der Waals surface area (Å²) in [7, 11) is 0. The van der Waals surface area contributed by atoms with Gasteiger partial charge in [-0.25, -0.2) is 15.0 Å². The Labute approximate surface area is 306 Å². The minimum Gasteiger partial charge on any atom is -0.271 e. The fourth-order valence-electron chi connectivity index (χ4n) is 4.45. The summed E-state index contributed by atoms with van der Waals surface area (Å²) in [5.74, 6) is 0.0555. The fraction of sp³-hybridized carbons (Fsp3) is 0.0556. The molecule has 6 rings (SSSR count). The van der Waals surface area contributed by atoms with Crippen LogP contribution in [-0.4, -0.2) is 30.0 Å². The molecule has 1 aromatic heterocycles. The molecule has 0 saturated heterocycles. The number of allylic oxidation sites excluding steroid dienone is 1. The Balaban J connectivity index is 0.000000289. The lowest BCUT2D eigenvalue weighted by Gasteiger charge is -2.16. The van der Waals surface area contributed by atoms with Crippen LogP contribution in [0.3, 0.4) is 0 Å². The Bertz CT molecular complexity index is 2060. The van der Waals surface area contributed by atoms with E-state index in [1.54, 1.807) is 0 Å². The maximum absolute atomic E-state index is 12.1. The third-order valence-electron chi connectivity index (χ3n) is 6.49. The molecule has 7 nitrogen and oxygen atoms in total. The summed E-state index contributed by atoms with van der Waals surface area (Å²) in [4.78, 5) is 25.0. The number of rotatable bonds is 4. The first-order chi connectivity index (χ1) is 22.6. The Kier molecular flexibility index (Phi) is 16.1. The molecule has 4 aromatic carbocycles. The van der Waals surface area contributed by atoms with Gasteiger partial charge in [-0.1, -0.05) is 140 Å². The first kappa shape index (κ1) is 40.6. The van der Waals surface area contributed by atoms with Crippen LogP contribution >= 0.6 is 50.5 Å². The number of hydrogen-bond acceptors (Lipinski definition) is 6. The van der Waals surface area contributed by atoms with Gasteiger partial charge in [0.25, 0.3) is 5.91 Å². The zero-order valence-corrected chi connectivity index (χ0v) is 28.8. The summed E-state index contributed by atoms with van der Waals surface area (Å²) in [5.41, 5.74) is 5.95. The number of halogens is 4. The van der Waals surface area contributed by atoms with E-state index in [0.717, 1.165) is 27.8 Å². The number of dihydropyridines is 1. The van der Waals surface area contributed by atoms with Crippen LogP contribution in [0.2, 0.25) is 5.15 Å². The molecule has 243 valence electrons. The normalized spacial score (nSPS) is 11.8. The molecule has 0 atom stereocenters. The minimum atomic E-state index is -3.22. The van der Waals surface area contributed by atoms with Crippen molar-refractivity contribution in [2.45, 2.75) is 13.8 Å². The van der Waals surface area contributed by atoms with E-state index in [1.165, 1.54) is 0 Å². The lowest BCUT2D eigenvalue weighted by Crippen LogP contribution is -2.15. The Morgan fingerprint density at radius 1 is 0.653 bits per heavy atom. The molecule has 1 aliphatic rings. The van der Waals surface area contributed by atoms with Crippen molar-refractivity contribution in [1.82, 2.24) is 9.97 Å². The number of benzene rings is 4. The standard InChI is InChI=1S/C18H12N2O.C17H10ClN3.CH4.B.Cl3OP/c19-12-16-15(13-7-3-1-4-8-13)11-17(20-18(16)21)14-9-5-2-6-10-14;18-16-14(11-19)15(12-7-3-1-4-8-12)20-17(21-16)13-9-5-2-6-10-13;;;1-5(2,3)4/h1-10H,11H2;1-10H;1H4;;. The molecule has 0 N–H and O–H groups in total. The average Bonchev–Trinajstić information content (AvgIpc) is 3.08. The quantitative estimate of drug-likeness (QED) is 0.103. The summed E-state index contributed by atoms with van der Waals surface area (Å²) in [6, 6.07) is 42.3. The van der Waals surface area contributed by atoms with Gasteiger partial charge in [-0.15, -0.1) is 0 Å². The highest BCUT2D eigenvalue weighted by Crippen LogP contribution is 2.61. The van der Waals surface area contributed by atoms with Gasteiger partial charge >= 0.3 is 5.20 Å². The van der Waals surface area contributed by atoms with Crippen molar-refractivity contribution in [2.75, 3.05) is 0 Å². The van der Waals surface area contributed by atoms with Gasteiger partial charge in [-0.2, -0.15) is 10.5 Å². The zero-order chi connectivity index (χ0) is 33.8. The van der Waals surface area contributed by atoms with Gasteiger partial charge in [0.1, 0.15) is 23.3 Å². The molecule has 2 heterocycles. The molecule has 13 heteroatoms. The van der Waals surface area contributed by atoms with Gasteiger partial charge in [0.2, 0.25) is 0 Å². The largest absolute Gasteiger partial charge is 0.339 e. The van der Waals surface area contributed by atoms with Crippen molar-refractivity contribution in [1.29, 1.82) is 10.5 Å². The maximum Gasteiger partial charge on any atom is 0.339 e. The van der Waals surface area contributed by atoms with Crippen molar-refractivity contribution in [3.63, 3.8) is 0 Å². The summed E-state index contributed by atoms with van der Waals surface area (Å²) < 4.78 is 9.51. The van der Waals surface area contributed by atoms with E-state index in [0.29, 0.717) is 29.2 Å². The second-order valence-electron chi connectivity index (χ2n) is 9.54. The summed E-state index contributed by atoms with van der Waals surface area (Å²) in [6.07, 6.45) is 0.489. The highest BCUT2D eigenvalue weighted by atomic mass is 36.0. The van der Waals surface area contributed by atoms with Crippen LogP contribution in [0.5, 0.6) is 0 Å². The number of aliphatic imine (C=N–C) groups is 1. The van der Waals surface area contributed by atoms with E-state index in [1.807, 2.05) is 127 Å². The van der Waals surface area contributed by atoms with Crippen molar-refractivity contribution >= 4 is 76.1 Å². The minimum absolute atomic E-state index is 0. The van der Waals surface area contributed by atoms with Gasteiger partial charge in [0, 0.05) is 26.0 Å². The van der Waals surface area contributed by atoms with E-state index in [-0.39, 0.29) is 26.6 Å². The highest BCUT2D eigenvalue weighted by Gasteiger charge is 2.24. The molecule has 0 bridgehead atoms. The number of nitriles is 2. The molecule has 3 radical (unpaired) electrons. The number of carbonyl (C=O) groups excluding carboxylic acids is 1. The van der Waals surface area contributed by atoms with Gasteiger partial charge < -0.3 is 0 Å². The Hall–Kier alpha value is -4.53. The van der Waals surface area contributed by atoms with Crippen LogP contribution in [-0.2, 0) is 9.36 Å². The van der Waals surface area contributed by atoms with Gasteiger partial charge in [-0.05, 0) is 50.4 Å². The molecular weight excluding hydrogens is 718 g/mol. The van der Waals surface area contributed by atoms with Crippen molar-refractivity contribution in [3.05, 3.63) is 149 Å². The van der Waals surface area contributed by atoms with Crippen LogP contribution in [0.1, 0.15) is 30.5 Å². The molecule has 5 aromatic rings. The van der Waals surface area contributed by atoms with Crippen molar-refractivity contribution < 1.29 is 9.36 Å². The summed E-state index contributed by atoms with van der Waals surface area (Å²) >= 11 is 20.0. The monoisotopic (exact) mass is 742 g/mol. The van der Waals surface area contributed by atoms with E-state index >= 15 is 0 Å². The predicted molar refractivity (Wildman–Crippen MR) is 202 cm³/mol.